The third-order valence-corrected chi connectivity index (χ3v) is 4.79. The third kappa shape index (κ3) is 2.48. The summed E-state index contributed by atoms with van der Waals surface area (Å²) in [5.74, 6) is 0.328. The Morgan fingerprint density at radius 2 is 1.86 bits per heavy atom. The molecule has 7 nitrogen and oxygen atoms in total. The molecule has 0 saturated heterocycles. The highest BCUT2D eigenvalue weighted by Crippen LogP contribution is 2.22. The maximum absolute atomic E-state index is 12.6. The number of hydrogen-bond acceptors (Lipinski definition) is 5. The number of benzene rings is 2. The number of fused-ring (bicyclic) bond motifs is 3. The molecular formula is C21H15N3O4. The van der Waals surface area contributed by atoms with E-state index in [1.165, 1.54) is 6.07 Å². The van der Waals surface area contributed by atoms with Crippen LogP contribution in [0.4, 0.5) is 0 Å². The maximum Gasteiger partial charge on any atom is 0.302 e. The molecule has 138 valence electrons. The molecule has 2 aromatic carbocycles. The van der Waals surface area contributed by atoms with Gasteiger partial charge in [0.25, 0.3) is 5.91 Å². The van der Waals surface area contributed by atoms with Crippen LogP contribution in [0.3, 0.4) is 0 Å². The standard InChI is InChI=1S/C21H15N3O4/c1-24-15-8-4-3-7-14(15)23-18(24)11-22-20(26)17-10-13-19(25)12-6-2-5-9-16(12)27-21(13)28-17/h2-10H,11H2,1H3,(H,22,26). The van der Waals surface area contributed by atoms with E-state index in [-0.39, 0.29) is 28.9 Å². The second-order valence-corrected chi connectivity index (χ2v) is 6.50. The molecule has 1 N–H and O–H groups in total. The van der Waals surface area contributed by atoms with E-state index in [0.717, 1.165) is 11.0 Å². The van der Waals surface area contributed by atoms with Gasteiger partial charge in [-0.3, -0.25) is 9.59 Å². The molecule has 5 aromatic rings. The summed E-state index contributed by atoms with van der Waals surface area (Å²) in [5, 5.41) is 3.47. The predicted octanol–water partition coefficient (Wildman–Crippen LogP) is 3.36. The van der Waals surface area contributed by atoms with E-state index in [2.05, 4.69) is 10.3 Å². The first-order valence-electron chi connectivity index (χ1n) is 8.76. The first-order chi connectivity index (χ1) is 13.6. The molecule has 3 heterocycles. The van der Waals surface area contributed by atoms with Gasteiger partial charge in [0, 0.05) is 13.1 Å². The highest BCUT2D eigenvalue weighted by Gasteiger charge is 2.18. The normalized spacial score (nSPS) is 11.5. The van der Waals surface area contributed by atoms with Crippen molar-refractivity contribution in [3.05, 3.63) is 76.4 Å². The SMILES string of the molecule is Cn1c(CNC(=O)c2cc3c(=O)c4ccccc4oc3o2)nc2ccccc21. The number of nitrogens with one attached hydrogen (secondary N) is 1. The fourth-order valence-electron chi connectivity index (χ4n) is 3.31. The van der Waals surface area contributed by atoms with Crippen molar-refractivity contribution in [2.75, 3.05) is 0 Å². The van der Waals surface area contributed by atoms with Gasteiger partial charge >= 0.3 is 5.78 Å². The number of imidazole rings is 1. The van der Waals surface area contributed by atoms with Crippen LogP contribution in [0.15, 0.2) is 68.2 Å². The van der Waals surface area contributed by atoms with Gasteiger partial charge in [-0.15, -0.1) is 0 Å². The Bertz CT molecular complexity index is 1420. The van der Waals surface area contributed by atoms with Gasteiger partial charge in [0.15, 0.2) is 5.76 Å². The predicted molar refractivity (Wildman–Crippen MR) is 104 cm³/mol. The minimum Gasteiger partial charge on any atom is -0.425 e. The van der Waals surface area contributed by atoms with Gasteiger partial charge in [-0.05, 0) is 24.3 Å². The highest BCUT2D eigenvalue weighted by atomic mass is 16.5. The fraction of sp³-hybridized carbons (Fsp3) is 0.0952. The van der Waals surface area contributed by atoms with Crippen LogP contribution in [0.5, 0.6) is 0 Å². The summed E-state index contributed by atoms with van der Waals surface area (Å²) >= 11 is 0. The summed E-state index contributed by atoms with van der Waals surface area (Å²) in [5.41, 5.74) is 2.03. The monoisotopic (exact) mass is 373 g/mol. The zero-order valence-electron chi connectivity index (χ0n) is 14.9. The van der Waals surface area contributed by atoms with Crippen LogP contribution < -0.4 is 10.7 Å². The molecule has 5 rings (SSSR count). The van der Waals surface area contributed by atoms with Gasteiger partial charge in [0.1, 0.15) is 16.8 Å². The molecule has 0 spiro atoms. The number of para-hydroxylation sites is 3. The van der Waals surface area contributed by atoms with Crippen molar-refractivity contribution >= 4 is 39.1 Å². The molecule has 0 radical (unpaired) electrons. The molecule has 28 heavy (non-hydrogen) atoms. The lowest BCUT2D eigenvalue weighted by Crippen LogP contribution is -2.23. The minimum atomic E-state index is -0.443. The Balaban J connectivity index is 1.45. The number of aromatic nitrogens is 2. The number of hydrogen-bond donors (Lipinski definition) is 1. The molecule has 0 unspecified atom stereocenters. The van der Waals surface area contributed by atoms with Gasteiger partial charge in [0.05, 0.1) is 23.0 Å². The molecule has 0 aliphatic heterocycles. The first-order valence-corrected chi connectivity index (χ1v) is 8.76. The van der Waals surface area contributed by atoms with Crippen molar-refractivity contribution in [1.29, 1.82) is 0 Å². The number of carbonyl (C=O) groups excluding carboxylic acids is 1. The molecule has 3 aromatic heterocycles. The fourth-order valence-corrected chi connectivity index (χ4v) is 3.31. The number of nitrogens with zero attached hydrogens (tertiary/aromatic N) is 2. The van der Waals surface area contributed by atoms with Gasteiger partial charge in [0.2, 0.25) is 5.43 Å². The Labute approximate surface area is 158 Å². The van der Waals surface area contributed by atoms with E-state index in [4.69, 9.17) is 8.83 Å². The van der Waals surface area contributed by atoms with E-state index in [0.29, 0.717) is 16.8 Å². The van der Waals surface area contributed by atoms with Gasteiger partial charge in [-0.2, -0.15) is 0 Å². The minimum absolute atomic E-state index is 0.0184. The topological polar surface area (TPSA) is 90.3 Å². The molecule has 0 fully saturated rings. The Morgan fingerprint density at radius 3 is 2.71 bits per heavy atom. The number of aryl methyl sites for hydroxylation is 1. The first kappa shape index (κ1) is 16.3. The van der Waals surface area contributed by atoms with Crippen molar-refractivity contribution in [3.63, 3.8) is 0 Å². The number of furan rings is 1. The van der Waals surface area contributed by atoms with E-state index in [9.17, 15) is 9.59 Å². The number of rotatable bonds is 3. The number of amides is 1. The van der Waals surface area contributed by atoms with Crippen LogP contribution in [0.2, 0.25) is 0 Å². The van der Waals surface area contributed by atoms with E-state index >= 15 is 0 Å². The average Bonchev–Trinajstić information content (AvgIpc) is 3.28. The third-order valence-electron chi connectivity index (χ3n) is 4.79. The summed E-state index contributed by atoms with van der Waals surface area (Å²) in [6.45, 7) is 0.227. The Hall–Kier alpha value is -3.87. The van der Waals surface area contributed by atoms with Gasteiger partial charge in [-0.1, -0.05) is 24.3 Å². The van der Waals surface area contributed by atoms with Crippen LogP contribution >= 0.6 is 0 Å². The van der Waals surface area contributed by atoms with Crippen LogP contribution in [0.1, 0.15) is 16.4 Å². The average molecular weight is 373 g/mol. The van der Waals surface area contributed by atoms with Crippen LogP contribution in [-0.2, 0) is 13.6 Å². The van der Waals surface area contributed by atoms with Crippen LogP contribution in [-0.4, -0.2) is 15.5 Å². The van der Waals surface area contributed by atoms with E-state index in [1.807, 2.05) is 35.9 Å². The lowest BCUT2D eigenvalue weighted by molar-refractivity contribution is 0.0922. The second kappa shape index (κ2) is 6.09. The molecule has 0 aliphatic rings. The number of carbonyl (C=O) groups is 1. The highest BCUT2D eigenvalue weighted by molar-refractivity contribution is 5.97. The largest absolute Gasteiger partial charge is 0.425 e. The van der Waals surface area contributed by atoms with Crippen LogP contribution in [0, 0.1) is 0 Å². The second-order valence-electron chi connectivity index (χ2n) is 6.50. The molecule has 0 bridgehead atoms. The maximum atomic E-state index is 12.6. The molecule has 1 amide bonds. The summed E-state index contributed by atoms with van der Waals surface area (Å²) < 4.78 is 13.0. The molecular weight excluding hydrogens is 358 g/mol. The van der Waals surface area contributed by atoms with Crippen molar-refractivity contribution in [1.82, 2.24) is 14.9 Å². The molecule has 0 atom stereocenters. The lowest BCUT2D eigenvalue weighted by Gasteiger charge is -2.03. The van der Waals surface area contributed by atoms with Crippen molar-refractivity contribution in [3.8, 4) is 0 Å². The summed E-state index contributed by atoms with van der Waals surface area (Å²) in [6, 6.07) is 16.0. The lowest BCUT2D eigenvalue weighted by atomic mass is 10.2. The summed E-state index contributed by atoms with van der Waals surface area (Å²) in [4.78, 5) is 29.6. The van der Waals surface area contributed by atoms with Gasteiger partial charge < -0.3 is 18.7 Å². The summed E-state index contributed by atoms with van der Waals surface area (Å²) in [7, 11) is 1.89. The molecule has 0 aliphatic carbocycles. The molecule has 0 saturated carbocycles. The smallest absolute Gasteiger partial charge is 0.302 e. The zero-order chi connectivity index (χ0) is 19.3. The van der Waals surface area contributed by atoms with Crippen molar-refractivity contribution < 1.29 is 13.6 Å². The Kier molecular flexibility index (Phi) is 3.55. The zero-order valence-corrected chi connectivity index (χ0v) is 14.9. The van der Waals surface area contributed by atoms with Crippen molar-refractivity contribution in [2.24, 2.45) is 7.05 Å². The van der Waals surface area contributed by atoms with Crippen molar-refractivity contribution in [2.45, 2.75) is 6.54 Å². The van der Waals surface area contributed by atoms with E-state index < -0.39 is 5.91 Å². The summed E-state index contributed by atoms with van der Waals surface area (Å²) in [6.07, 6.45) is 0. The Morgan fingerprint density at radius 1 is 1.07 bits per heavy atom. The molecule has 7 heteroatoms. The van der Waals surface area contributed by atoms with E-state index in [1.54, 1.807) is 24.3 Å². The quantitative estimate of drug-likeness (QED) is 0.524. The van der Waals surface area contributed by atoms with Gasteiger partial charge in [-0.25, -0.2) is 4.98 Å². The van der Waals surface area contributed by atoms with Crippen LogP contribution in [0.25, 0.3) is 33.2 Å².